The van der Waals surface area contributed by atoms with Gasteiger partial charge in [0.05, 0.1) is 6.26 Å². The highest BCUT2D eigenvalue weighted by molar-refractivity contribution is 5.41. The van der Waals surface area contributed by atoms with Crippen LogP contribution in [0.15, 0.2) is 28.9 Å². The topological polar surface area (TPSA) is 13.1 Å². The van der Waals surface area contributed by atoms with E-state index in [9.17, 15) is 0 Å². The summed E-state index contributed by atoms with van der Waals surface area (Å²) in [5.41, 5.74) is 0. The molecule has 0 fully saturated rings. The zero-order chi connectivity index (χ0) is 7.94. The molecule has 1 rings (SSSR count). The van der Waals surface area contributed by atoms with Gasteiger partial charge in [-0.3, -0.25) is 0 Å². The van der Waals surface area contributed by atoms with Crippen LogP contribution in [0.25, 0.3) is 6.08 Å². The third-order valence-electron chi connectivity index (χ3n) is 1.55. The summed E-state index contributed by atoms with van der Waals surface area (Å²) in [6.07, 6.45) is 9.54. The molecule has 0 saturated carbocycles. The van der Waals surface area contributed by atoms with E-state index in [1.54, 1.807) is 6.26 Å². The molecule has 1 aromatic rings. The first-order chi connectivity index (χ1) is 5.43. The van der Waals surface area contributed by atoms with Crippen LogP contribution in [0.4, 0.5) is 0 Å². The van der Waals surface area contributed by atoms with Crippen LogP contribution in [-0.4, -0.2) is 0 Å². The second kappa shape index (κ2) is 4.78. The highest BCUT2D eigenvalue weighted by Crippen LogP contribution is 2.04. The van der Waals surface area contributed by atoms with E-state index in [1.807, 2.05) is 18.2 Å². The van der Waals surface area contributed by atoms with Gasteiger partial charge in [0.2, 0.25) is 0 Å². The maximum Gasteiger partial charge on any atom is 0.126 e. The zero-order valence-corrected chi connectivity index (χ0v) is 6.92. The number of hydrogen-bond acceptors (Lipinski definition) is 1. The van der Waals surface area contributed by atoms with Crippen molar-refractivity contribution in [3.05, 3.63) is 30.2 Å². The van der Waals surface area contributed by atoms with Crippen molar-refractivity contribution in [1.29, 1.82) is 0 Å². The number of rotatable bonds is 4. The van der Waals surface area contributed by atoms with Gasteiger partial charge in [-0.1, -0.05) is 25.8 Å². The molecule has 1 aromatic heterocycles. The van der Waals surface area contributed by atoms with Crippen molar-refractivity contribution < 1.29 is 4.42 Å². The number of allylic oxidation sites excluding steroid dienone is 1. The van der Waals surface area contributed by atoms with Gasteiger partial charge in [0, 0.05) is 0 Å². The Morgan fingerprint density at radius 1 is 1.55 bits per heavy atom. The van der Waals surface area contributed by atoms with Gasteiger partial charge >= 0.3 is 0 Å². The van der Waals surface area contributed by atoms with Crippen molar-refractivity contribution in [1.82, 2.24) is 0 Å². The molecule has 0 N–H and O–H groups in total. The summed E-state index contributed by atoms with van der Waals surface area (Å²) in [5, 5.41) is 0. The Balaban J connectivity index is 2.25. The standard InChI is InChI=1S/C10H14O/c1-2-3-4-5-7-10-8-6-9-11-10/h5-9H,2-4H2,1H3. The van der Waals surface area contributed by atoms with E-state index in [0.717, 1.165) is 12.2 Å². The Hall–Kier alpha value is -0.980. The molecule has 0 spiro atoms. The lowest BCUT2D eigenvalue weighted by atomic mass is 10.2. The molecule has 0 aliphatic carbocycles. The van der Waals surface area contributed by atoms with Gasteiger partial charge in [0.1, 0.15) is 5.76 Å². The molecule has 0 amide bonds. The highest BCUT2D eigenvalue weighted by Gasteiger charge is 1.85. The van der Waals surface area contributed by atoms with Crippen LogP contribution in [-0.2, 0) is 0 Å². The summed E-state index contributed by atoms with van der Waals surface area (Å²) in [4.78, 5) is 0. The molecule has 0 aromatic carbocycles. The van der Waals surface area contributed by atoms with Crippen molar-refractivity contribution >= 4 is 6.08 Å². The van der Waals surface area contributed by atoms with E-state index in [1.165, 1.54) is 12.8 Å². The second-order valence-corrected chi connectivity index (χ2v) is 2.56. The largest absolute Gasteiger partial charge is 0.465 e. The van der Waals surface area contributed by atoms with Crippen molar-refractivity contribution in [3.63, 3.8) is 0 Å². The Labute approximate surface area is 67.7 Å². The van der Waals surface area contributed by atoms with E-state index < -0.39 is 0 Å². The van der Waals surface area contributed by atoms with Crippen LogP contribution < -0.4 is 0 Å². The predicted molar refractivity (Wildman–Crippen MR) is 47.3 cm³/mol. The summed E-state index contributed by atoms with van der Waals surface area (Å²) < 4.78 is 5.13. The maximum absolute atomic E-state index is 5.13. The van der Waals surface area contributed by atoms with Gasteiger partial charge in [0.15, 0.2) is 0 Å². The number of hydrogen-bond donors (Lipinski definition) is 0. The minimum atomic E-state index is 0.945. The minimum Gasteiger partial charge on any atom is -0.465 e. The molecule has 1 nitrogen and oxygen atoms in total. The molecule has 1 heterocycles. The van der Waals surface area contributed by atoms with Crippen LogP contribution in [0, 0.1) is 0 Å². The first kappa shape index (κ1) is 8.12. The monoisotopic (exact) mass is 150 g/mol. The van der Waals surface area contributed by atoms with E-state index in [0.29, 0.717) is 0 Å². The molecular formula is C10H14O. The molecule has 0 aliphatic heterocycles. The van der Waals surface area contributed by atoms with Crippen molar-refractivity contribution in [2.45, 2.75) is 26.2 Å². The molecule has 0 radical (unpaired) electrons. The minimum absolute atomic E-state index is 0.945. The summed E-state index contributed by atoms with van der Waals surface area (Å²) in [7, 11) is 0. The molecule has 0 saturated heterocycles. The zero-order valence-electron chi connectivity index (χ0n) is 6.92. The highest BCUT2D eigenvalue weighted by atomic mass is 16.3. The third-order valence-corrected chi connectivity index (χ3v) is 1.55. The Morgan fingerprint density at radius 3 is 3.09 bits per heavy atom. The van der Waals surface area contributed by atoms with Gasteiger partial charge in [-0.05, 0) is 24.6 Å². The lowest BCUT2D eigenvalue weighted by Crippen LogP contribution is -1.66. The van der Waals surface area contributed by atoms with Crippen molar-refractivity contribution in [2.24, 2.45) is 0 Å². The van der Waals surface area contributed by atoms with Crippen molar-refractivity contribution in [3.8, 4) is 0 Å². The van der Waals surface area contributed by atoms with Crippen LogP contribution in [0.2, 0.25) is 0 Å². The first-order valence-corrected chi connectivity index (χ1v) is 4.13. The maximum atomic E-state index is 5.13. The Kier molecular flexibility index (Phi) is 3.53. The summed E-state index contributed by atoms with van der Waals surface area (Å²) in [6.45, 7) is 2.20. The third kappa shape index (κ3) is 3.08. The molecule has 1 heteroatoms. The van der Waals surface area contributed by atoms with Crippen LogP contribution in [0.3, 0.4) is 0 Å². The summed E-state index contributed by atoms with van der Waals surface area (Å²) in [6, 6.07) is 3.86. The van der Waals surface area contributed by atoms with Gasteiger partial charge < -0.3 is 4.42 Å². The van der Waals surface area contributed by atoms with Crippen LogP contribution >= 0.6 is 0 Å². The van der Waals surface area contributed by atoms with Crippen LogP contribution in [0.1, 0.15) is 31.9 Å². The number of furan rings is 1. The molecule has 0 bridgehead atoms. The van der Waals surface area contributed by atoms with E-state index >= 15 is 0 Å². The average molecular weight is 150 g/mol. The van der Waals surface area contributed by atoms with Crippen molar-refractivity contribution in [2.75, 3.05) is 0 Å². The Morgan fingerprint density at radius 2 is 2.45 bits per heavy atom. The molecule has 0 atom stereocenters. The molecule has 60 valence electrons. The van der Waals surface area contributed by atoms with Crippen LogP contribution in [0.5, 0.6) is 0 Å². The lowest BCUT2D eigenvalue weighted by molar-refractivity contribution is 0.556. The Bertz CT molecular complexity index is 197. The molecule has 0 unspecified atom stereocenters. The SMILES string of the molecule is CCCCC=Cc1ccco1. The molecular weight excluding hydrogens is 136 g/mol. The first-order valence-electron chi connectivity index (χ1n) is 4.13. The number of unbranched alkanes of at least 4 members (excludes halogenated alkanes) is 2. The summed E-state index contributed by atoms with van der Waals surface area (Å²) >= 11 is 0. The fraction of sp³-hybridized carbons (Fsp3) is 0.400. The smallest absolute Gasteiger partial charge is 0.126 e. The van der Waals surface area contributed by atoms with E-state index in [-0.39, 0.29) is 0 Å². The normalized spacial score (nSPS) is 11.0. The molecule has 11 heavy (non-hydrogen) atoms. The molecule has 0 aliphatic rings. The fourth-order valence-electron chi connectivity index (χ4n) is 0.908. The van der Waals surface area contributed by atoms with E-state index in [4.69, 9.17) is 4.42 Å². The second-order valence-electron chi connectivity index (χ2n) is 2.56. The van der Waals surface area contributed by atoms with Gasteiger partial charge in [0.25, 0.3) is 0 Å². The van der Waals surface area contributed by atoms with Gasteiger partial charge in [-0.25, -0.2) is 0 Å². The van der Waals surface area contributed by atoms with Gasteiger partial charge in [-0.15, -0.1) is 0 Å². The summed E-state index contributed by atoms with van der Waals surface area (Å²) in [5.74, 6) is 0.945. The van der Waals surface area contributed by atoms with Gasteiger partial charge in [-0.2, -0.15) is 0 Å². The predicted octanol–water partition coefficient (Wildman–Crippen LogP) is 3.48. The quantitative estimate of drug-likeness (QED) is 0.599. The average Bonchev–Trinajstić information content (AvgIpc) is 2.50. The fourth-order valence-corrected chi connectivity index (χ4v) is 0.908. The lowest BCUT2D eigenvalue weighted by Gasteiger charge is -1.86. The van der Waals surface area contributed by atoms with E-state index in [2.05, 4.69) is 13.0 Å².